The van der Waals surface area contributed by atoms with Gasteiger partial charge in [-0.3, -0.25) is 14.6 Å². The standard InChI is InChI=1S/C22H27F2N3O/c1-16(18-7-9-20(23)10-8-18)25-22(28)17(2)27-13-11-26(12-14-27)15-19-5-3-4-6-21(19)24/h3-10,16-17H,11-15H2,1-2H3,(H,25,28)/t16-,17-/m0/s1. The third kappa shape index (κ3) is 5.14. The highest BCUT2D eigenvalue weighted by Crippen LogP contribution is 2.16. The molecule has 1 amide bonds. The Kier molecular flexibility index (Phi) is 6.75. The summed E-state index contributed by atoms with van der Waals surface area (Å²) in [5.74, 6) is -0.504. The second-order valence-electron chi connectivity index (χ2n) is 7.36. The second kappa shape index (κ2) is 9.26. The summed E-state index contributed by atoms with van der Waals surface area (Å²) in [5, 5.41) is 3.00. The van der Waals surface area contributed by atoms with Crippen LogP contribution in [-0.4, -0.2) is 47.9 Å². The Bertz CT molecular complexity index is 789. The van der Waals surface area contributed by atoms with Crippen LogP contribution >= 0.6 is 0 Å². The number of carbonyl (C=O) groups excluding carboxylic acids is 1. The summed E-state index contributed by atoms with van der Waals surface area (Å²) in [4.78, 5) is 17.0. The number of hydrogen-bond acceptors (Lipinski definition) is 3. The summed E-state index contributed by atoms with van der Waals surface area (Å²) in [7, 11) is 0. The highest BCUT2D eigenvalue weighted by molar-refractivity contribution is 5.81. The molecule has 2 aromatic carbocycles. The molecule has 0 saturated carbocycles. The number of nitrogens with zero attached hydrogens (tertiary/aromatic N) is 2. The van der Waals surface area contributed by atoms with Crippen molar-refractivity contribution in [1.29, 1.82) is 0 Å². The summed E-state index contributed by atoms with van der Waals surface area (Å²) in [6.45, 7) is 7.48. The molecule has 150 valence electrons. The molecule has 1 heterocycles. The Morgan fingerprint density at radius 3 is 2.29 bits per heavy atom. The highest BCUT2D eigenvalue weighted by atomic mass is 19.1. The number of hydrogen-bond donors (Lipinski definition) is 1. The van der Waals surface area contributed by atoms with Gasteiger partial charge in [0, 0.05) is 38.3 Å². The smallest absolute Gasteiger partial charge is 0.237 e. The molecule has 1 saturated heterocycles. The molecule has 0 radical (unpaired) electrons. The highest BCUT2D eigenvalue weighted by Gasteiger charge is 2.26. The molecule has 2 atom stereocenters. The van der Waals surface area contributed by atoms with E-state index in [0.29, 0.717) is 12.1 Å². The Morgan fingerprint density at radius 1 is 1.00 bits per heavy atom. The van der Waals surface area contributed by atoms with Crippen molar-refractivity contribution in [2.45, 2.75) is 32.5 Å². The molecule has 2 aromatic rings. The molecule has 0 aliphatic carbocycles. The lowest BCUT2D eigenvalue weighted by Crippen LogP contribution is -2.53. The van der Waals surface area contributed by atoms with Crippen molar-refractivity contribution in [3.8, 4) is 0 Å². The fourth-order valence-electron chi connectivity index (χ4n) is 3.51. The summed E-state index contributed by atoms with van der Waals surface area (Å²) in [5.41, 5.74) is 1.58. The lowest BCUT2D eigenvalue weighted by atomic mass is 10.1. The van der Waals surface area contributed by atoms with Gasteiger partial charge in [-0.25, -0.2) is 8.78 Å². The van der Waals surface area contributed by atoms with Gasteiger partial charge in [0.05, 0.1) is 12.1 Å². The van der Waals surface area contributed by atoms with E-state index in [4.69, 9.17) is 0 Å². The molecule has 0 aromatic heterocycles. The van der Waals surface area contributed by atoms with E-state index in [1.165, 1.54) is 18.2 Å². The Balaban J connectivity index is 1.48. The van der Waals surface area contributed by atoms with Crippen LogP contribution in [-0.2, 0) is 11.3 Å². The van der Waals surface area contributed by atoms with E-state index in [9.17, 15) is 13.6 Å². The zero-order valence-corrected chi connectivity index (χ0v) is 16.4. The van der Waals surface area contributed by atoms with Crippen LogP contribution in [0.25, 0.3) is 0 Å². The molecular formula is C22H27F2N3O. The monoisotopic (exact) mass is 387 g/mol. The van der Waals surface area contributed by atoms with Gasteiger partial charge in [0.25, 0.3) is 0 Å². The first kappa shape index (κ1) is 20.4. The van der Waals surface area contributed by atoms with Crippen LogP contribution in [0.5, 0.6) is 0 Å². The largest absolute Gasteiger partial charge is 0.348 e. The van der Waals surface area contributed by atoms with E-state index in [-0.39, 0.29) is 29.6 Å². The van der Waals surface area contributed by atoms with E-state index in [1.807, 2.05) is 26.0 Å². The number of benzene rings is 2. The third-order valence-corrected chi connectivity index (χ3v) is 5.41. The Labute approximate surface area is 165 Å². The van der Waals surface area contributed by atoms with Gasteiger partial charge in [-0.1, -0.05) is 30.3 Å². The summed E-state index contributed by atoms with van der Waals surface area (Å²) >= 11 is 0. The van der Waals surface area contributed by atoms with Crippen LogP contribution in [0.2, 0.25) is 0 Å². The SMILES string of the molecule is C[C@H](NC(=O)[C@H](C)N1CCN(Cc2ccccc2F)CC1)c1ccc(F)cc1. The molecule has 0 spiro atoms. The number of amides is 1. The third-order valence-electron chi connectivity index (χ3n) is 5.41. The summed E-state index contributed by atoms with van der Waals surface area (Å²) in [6.07, 6.45) is 0. The minimum Gasteiger partial charge on any atom is -0.348 e. The molecule has 1 N–H and O–H groups in total. The summed E-state index contributed by atoms with van der Waals surface area (Å²) < 4.78 is 26.9. The van der Waals surface area contributed by atoms with Gasteiger partial charge in [-0.05, 0) is 37.6 Å². The first-order chi connectivity index (χ1) is 13.4. The van der Waals surface area contributed by atoms with Crippen molar-refractivity contribution in [2.75, 3.05) is 26.2 Å². The molecule has 0 unspecified atom stereocenters. The van der Waals surface area contributed by atoms with Crippen LogP contribution in [0.4, 0.5) is 8.78 Å². The zero-order chi connectivity index (χ0) is 20.1. The first-order valence-corrected chi connectivity index (χ1v) is 9.69. The Morgan fingerprint density at radius 2 is 1.64 bits per heavy atom. The quantitative estimate of drug-likeness (QED) is 0.826. The molecular weight excluding hydrogens is 360 g/mol. The van der Waals surface area contributed by atoms with Crippen LogP contribution in [0.3, 0.4) is 0 Å². The maximum atomic E-state index is 13.8. The van der Waals surface area contributed by atoms with E-state index in [2.05, 4.69) is 15.1 Å². The zero-order valence-electron chi connectivity index (χ0n) is 16.4. The predicted molar refractivity (Wildman–Crippen MR) is 106 cm³/mol. The van der Waals surface area contributed by atoms with E-state index < -0.39 is 0 Å². The van der Waals surface area contributed by atoms with Crippen molar-refractivity contribution in [3.63, 3.8) is 0 Å². The lowest BCUT2D eigenvalue weighted by Gasteiger charge is -2.37. The predicted octanol–water partition coefficient (Wildman–Crippen LogP) is 3.35. The fraction of sp³-hybridized carbons (Fsp3) is 0.409. The molecule has 3 rings (SSSR count). The minimum atomic E-state index is -0.288. The second-order valence-corrected chi connectivity index (χ2v) is 7.36. The molecule has 1 aliphatic rings. The number of nitrogens with one attached hydrogen (secondary N) is 1. The fourth-order valence-corrected chi connectivity index (χ4v) is 3.51. The van der Waals surface area contributed by atoms with Gasteiger partial charge in [0.1, 0.15) is 11.6 Å². The number of piperazine rings is 1. The van der Waals surface area contributed by atoms with Crippen molar-refractivity contribution >= 4 is 5.91 Å². The topological polar surface area (TPSA) is 35.6 Å². The number of rotatable bonds is 6. The van der Waals surface area contributed by atoms with Gasteiger partial charge in [-0.15, -0.1) is 0 Å². The van der Waals surface area contributed by atoms with Gasteiger partial charge in [0.2, 0.25) is 5.91 Å². The van der Waals surface area contributed by atoms with Gasteiger partial charge >= 0.3 is 0 Å². The van der Waals surface area contributed by atoms with Crippen molar-refractivity contribution in [3.05, 3.63) is 71.3 Å². The van der Waals surface area contributed by atoms with E-state index in [0.717, 1.165) is 31.7 Å². The van der Waals surface area contributed by atoms with Crippen molar-refractivity contribution in [2.24, 2.45) is 0 Å². The molecule has 0 bridgehead atoms. The average molecular weight is 387 g/mol. The molecule has 1 aliphatic heterocycles. The van der Waals surface area contributed by atoms with Crippen LogP contribution in [0, 0.1) is 11.6 Å². The first-order valence-electron chi connectivity index (χ1n) is 9.69. The lowest BCUT2D eigenvalue weighted by molar-refractivity contribution is -0.127. The van der Waals surface area contributed by atoms with Gasteiger partial charge < -0.3 is 5.32 Å². The van der Waals surface area contributed by atoms with Gasteiger partial charge in [-0.2, -0.15) is 0 Å². The van der Waals surface area contributed by atoms with Crippen LogP contribution < -0.4 is 5.32 Å². The summed E-state index contributed by atoms with van der Waals surface area (Å²) in [6, 6.07) is 12.6. The van der Waals surface area contributed by atoms with Crippen molar-refractivity contribution < 1.29 is 13.6 Å². The molecule has 4 nitrogen and oxygen atoms in total. The maximum absolute atomic E-state index is 13.8. The van der Waals surface area contributed by atoms with Crippen LogP contribution in [0.15, 0.2) is 48.5 Å². The van der Waals surface area contributed by atoms with Gasteiger partial charge in [0.15, 0.2) is 0 Å². The molecule has 1 fully saturated rings. The maximum Gasteiger partial charge on any atom is 0.237 e. The van der Waals surface area contributed by atoms with E-state index >= 15 is 0 Å². The normalized spacial score (nSPS) is 17.9. The average Bonchev–Trinajstić information content (AvgIpc) is 2.70. The minimum absolute atomic E-state index is 0.0422. The number of halogens is 2. The van der Waals surface area contributed by atoms with Crippen LogP contribution in [0.1, 0.15) is 31.0 Å². The van der Waals surface area contributed by atoms with Crippen molar-refractivity contribution in [1.82, 2.24) is 15.1 Å². The van der Waals surface area contributed by atoms with E-state index in [1.54, 1.807) is 18.2 Å². The Hall–Kier alpha value is -2.31. The number of carbonyl (C=O) groups is 1. The molecule has 6 heteroatoms. The molecule has 28 heavy (non-hydrogen) atoms.